The highest BCUT2D eigenvalue weighted by Crippen LogP contribution is 2.37. The number of carboxylic acid groups (broad SMARTS) is 1. The molecule has 0 aliphatic carbocycles. The van der Waals surface area contributed by atoms with Gasteiger partial charge in [0.05, 0.1) is 11.4 Å². The van der Waals surface area contributed by atoms with Gasteiger partial charge in [0.1, 0.15) is 29.6 Å². The fourth-order valence-corrected chi connectivity index (χ4v) is 3.99. The van der Waals surface area contributed by atoms with Gasteiger partial charge in [0.15, 0.2) is 17.5 Å². The molecule has 4 aromatic rings. The third-order valence-corrected chi connectivity index (χ3v) is 5.78. The molecule has 35 heavy (non-hydrogen) atoms. The number of hydrogen-bond acceptors (Lipinski definition) is 2. The molecule has 0 saturated carbocycles. The first-order chi connectivity index (χ1) is 16.6. The molecule has 0 spiro atoms. The molecule has 0 radical (unpaired) electrons. The molecular formula is C25H15BrF5NO3. The number of benzene rings is 3. The Morgan fingerprint density at radius 2 is 1.69 bits per heavy atom. The second-order valence-corrected chi connectivity index (χ2v) is 8.46. The maximum atomic E-state index is 15.1. The van der Waals surface area contributed by atoms with Gasteiger partial charge in [0.25, 0.3) is 0 Å². The zero-order chi connectivity index (χ0) is 25.4. The van der Waals surface area contributed by atoms with Crippen molar-refractivity contribution in [1.82, 2.24) is 4.57 Å². The van der Waals surface area contributed by atoms with Crippen LogP contribution in [0.3, 0.4) is 0 Å². The Balaban J connectivity index is 1.84. The lowest BCUT2D eigenvalue weighted by molar-refractivity contribution is 0.0685. The molecule has 4 nitrogen and oxygen atoms in total. The van der Waals surface area contributed by atoms with E-state index in [0.29, 0.717) is 21.8 Å². The Bertz CT molecular complexity index is 1470. The van der Waals surface area contributed by atoms with E-state index in [9.17, 15) is 27.5 Å². The van der Waals surface area contributed by atoms with E-state index in [0.717, 1.165) is 12.1 Å². The molecule has 1 aromatic heterocycles. The van der Waals surface area contributed by atoms with E-state index in [1.54, 1.807) is 37.3 Å². The first kappa shape index (κ1) is 24.5. The van der Waals surface area contributed by atoms with Crippen molar-refractivity contribution in [1.29, 1.82) is 0 Å². The zero-order valence-corrected chi connectivity index (χ0v) is 19.5. The average molecular weight is 552 g/mol. The van der Waals surface area contributed by atoms with Crippen LogP contribution in [-0.2, 0) is 6.61 Å². The lowest BCUT2D eigenvalue weighted by Gasteiger charge is -2.18. The second-order valence-electron chi connectivity index (χ2n) is 7.55. The summed E-state index contributed by atoms with van der Waals surface area (Å²) in [5.74, 6) is -8.07. The van der Waals surface area contributed by atoms with Crippen molar-refractivity contribution >= 4 is 21.9 Å². The molecule has 3 aromatic carbocycles. The van der Waals surface area contributed by atoms with Crippen molar-refractivity contribution < 1.29 is 36.6 Å². The highest BCUT2D eigenvalue weighted by Gasteiger charge is 2.27. The Kier molecular flexibility index (Phi) is 6.66. The van der Waals surface area contributed by atoms with Crippen LogP contribution < -0.4 is 4.74 Å². The predicted molar refractivity (Wildman–Crippen MR) is 121 cm³/mol. The molecule has 180 valence electrons. The molecule has 1 heterocycles. The van der Waals surface area contributed by atoms with Gasteiger partial charge < -0.3 is 14.4 Å². The fraction of sp³-hybridized carbons (Fsp3) is 0.0800. The lowest BCUT2D eigenvalue weighted by Crippen LogP contribution is -2.12. The number of aryl methyl sites for hydroxylation is 1. The van der Waals surface area contributed by atoms with Crippen LogP contribution in [0.25, 0.3) is 16.9 Å². The zero-order valence-electron chi connectivity index (χ0n) is 17.9. The average Bonchev–Trinajstić information content (AvgIpc) is 3.17. The van der Waals surface area contributed by atoms with Crippen molar-refractivity contribution in [3.63, 3.8) is 0 Å². The molecule has 0 aliphatic heterocycles. The predicted octanol–water partition coefficient (Wildman–Crippen LogP) is 7.19. The van der Waals surface area contributed by atoms with Crippen LogP contribution in [0.5, 0.6) is 5.75 Å². The summed E-state index contributed by atoms with van der Waals surface area (Å²) in [7, 11) is 0. The van der Waals surface area contributed by atoms with Gasteiger partial charge in [0, 0.05) is 33.4 Å². The Morgan fingerprint density at radius 3 is 2.37 bits per heavy atom. The van der Waals surface area contributed by atoms with Crippen LogP contribution in [0.15, 0.2) is 59.1 Å². The Morgan fingerprint density at radius 1 is 0.943 bits per heavy atom. The molecule has 0 amide bonds. The molecule has 0 atom stereocenters. The monoisotopic (exact) mass is 551 g/mol. The third kappa shape index (κ3) is 4.66. The number of carboxylic acids is 1. The third-order valence-electron chi connectivity index (χ3n) is 5.28. The quantitative estimate of drug-likeness (QED) is 0.204. The van der Waals surface area contributed by atoms with Crippen molar-refractivity contribution in [3.05, 3.63) is 105 Å². The van der Waals surface area contributed by atoms with Crippen LogP contribution >= 0.6 is 15.9 Å². The first-order valence-corrected chi connectivity index (χ1v) is 10.8. The van der Waals surface area contributed by atoms with Gasteiger partial charge in [-0.05, 0) is 49.4 Å². The van der Waals surface area contributed by atoms with E-state index in [2.05, 4.69) is 15.9 Å². The van der Waals surface area contributed by atoms with E-state index >= 15 is 4.39 Å². The minimum atomic E-state index is -1.96. The number of aromatic carboxylic acids is 1. The van der Waals surface area contributed by atoms with E-state index in [-0.39, 0.29) is 23.6 Å². The topological polar surface area (TPSA) is 51.5 Å². The van der Waals surface area contributed by atoms with E-state index in [1.165, 1.54) is 10.6 Å². The van der Waals surface area contributed by atoms with Crippen LogP contribution in [0.2, 0.25) is 0 Å². The highest BCUT2D eigenvalue weighted by atomic mass is 79.9. The molecular weight excluding hydrogens is 537 g/mol. The fourth-order valence-electron chi connectivity index (χ4n) is 3.63. The van der Waals surface area contributed by atoms with Gasteiger partial charge in [-0.1, -0.05) is 15.9 Å². The van der Waals surface area contributed by atoms with E-state index in [4.69, 9.17) is 4.74 Å². The minimum Gasteiger partial charge on any atom is -0.488 e. The number of nitrogens with zero attached hydrogens (tertiary/aromatic N) is 1. The van der Waals surface area contributed by atoms with Crippen molar-refractivity contribution in [3.8, 4) is 22.7 Å². The van der Waals surface area contributed by atoms with Gasteiger partial charge in [-0.15, -0.1) is 0 Å². The molecule has 0 unspecified atom stereocenters. The van der Waals surface area contributed by atoms with Crippen LogP contribution in [-0.4, -0.2) is 15.6 Å². The maximum Gasteiger partial charge on any atom is 0.341 e. The summed E-state index contributed by atoms with van der Waals surface area (Å²) in [6.45, 7) is 1.31. The summed E-state index contributed by atoms with van der Waals surface area (Å²) in [5, 5.41) is 9.21. The summed E-state index contributed by atoms with van der Waals surface area (Å²) >= 11 is 3.34. The van der Waals surface area contributed by atoms with Crippen LogP contribution in [0, 0.1) is 36.0 Å². The SMILES string of the molecule is Cc1ccc(-c2cc(Br)ccc2OCc2ccc(F)cc2F)n1-c1cc(F)c(F)c(C(=O)O)c1F. The highest BCUT2D eigenvalue weighted by molar-refractivity contribution is 9.10. The number of rotatable bonds is 6. The molecule has 0 fully saturated rings. The van der Waals surface area contributed by atoms with E-state index < -0.39 is 46.3 Å². The van der Waals surface area contributed by atoms with Crippen molar-refractivity contribution in [2.75, 3.05) is 0 Å². The van der Waals surface area contributed by atoms with Gasteiger partial charge in [-0.25, -0.2) is 26.7 Å². The minimum absolute atomic E-state index is 0.0876. The maximum absolute atomic E-state index is 15.1. The van der Waals surface area contributed by atoms with Crippen LogP contribution in [0.4, 0.5) is 22.0 Å². The summed E-state index contributed by atoms with van der Waals surface area (Å²) in [4.78, 5) is 11.4. The lowest BCUT2D eigenvalue weighted by atomic mass is 10.1. The number of ether oxygens (including phenoxy) is 1. The number of carbonyl (C=O) groups is 1. The number of aromatic nitrogens is 1. The summed E-state index contributed by atoms with van der Waals surface area (Å²) in [5.41, 5.74) is -0.845. The van der Waals surface area contributed by atoms with Gasteiger partial charge in [-0.3, -0.25) is 0 Å². The summed E-state index contributed by atoms with van der Waals surface area (Å²) in [6.07, 6.45) is 0. The van der Waals surface area contributed by atoms with Gasteiger partial charge in [-0.2, -0.15) is 0 Å². The van der Waals surface area contributed by atoms with E-state index in [1.807, 2.05) is 0 Å². The molecule has 4 rings (SSSR count). The number of halogens is 6. The molecule has 0 saturated heterocycles. The second kappa shape index (κ2) is 9.53. The Labute approximate surface area is 204 Å². The summed E-state index contributed by atoms with van der Waals surface area (Å²) in [6, 6.07) is 11.5. The molecule has 1 N–H and O–H groups in total. The smallest absolute Gasteiger partial charge is 0.341 e. The van der Waals surface area contributed by atoms with Crippen molar-refractivity contribution in [2.45, 2.75) is 13.5 Å². The standard InChI is InChI=1S/C25H15BrF5NO3/c1-12-2-6-19(32(12)20-10-18(29)23(30)22(24(20)31)25(33)34)16-8-14(26)4-7-21(16)35-11-13-3-5-15(27)9-17(13)28/h2-10H,11H2,1H3,(H,33,34). The van der Waals surface area contributed by atoms with Crippen LogP contribution in [0.1, 0.15) is 21.6 Å². The van der Waals surface area contributed by atoms with Gasteiger partial charge >= 0.3 is 5.97 Å². The van der Waals surface area contributed by atoms with Gasteiger partial charge in [0.2, 0.25) is 0 Å². The molecule has 0 aliphatic rings. The number of hydrogen-bond donors (Lipinski definition) is 1. The first-order valence-electron chi connectivity index (χ1n) is 10.0. The van der Waals surface area contributed by atoms with Crippen molar-refractivity contribution in [2.24, 2.45) is 0 Å². The largest absolute Gasteiger partial charge is 0.488 e. The summed E-state index contributed by atoms with van der Waals surface area (Å²) < 4.78 is 78.2. The molecule has 0 bridgehead atoms. The molecule has 10 heteroatoms. The normalized spacial score (nSPS) is 11.1. The Hall–Kier alpha value is -3.66.